The van der Waals surface area contributed by atoms with Crippen LogP contribution in [0.15, 0.2) is 29.2 Å². The molecule has 1 aromatic rings. The van der Waals surface area contributed by atoms with E-state index in [0.29, 0.717) is 17.4 Å². The minimum atomic E-state index is -3.11. The lowest BCUT2D eigenvalue weighted by molar-refractivity contribution is 0.431. The van der Waals surface area contributed by atoms with Gasteiger partial charge in [0, 0.05) is 24.8 Å². The van der Waals surface area contributed by atoms with E-state index in [-0.39, 0.29) is 5.75 Å². The van der Waals surface area contributed by atoms with Crippen LogP contribution in [0.1, 0.15) is 33.1 Å². The summed E-state index contributed by atoms with van der Waals surface area (Å²) >= 11 is 0. The molecule has 1 aliphatic heterocycles. The molecule has 1 atom stereocenters. The van der Waals surface area contributed by atoms with Gasteiger partial charge in [-0.2, -0.15) is 0 Å². The predicted molar refractivity (Wildman–Crippen MR) is 87.7 cm³/mol. The zero-order valence-electron chi connectivity index (χ0n) is 13.0. The summed E-state index contributed by atoms with van der Waals surface area (Å²) in [4.78, 5) is 2.78. The van der Waals surface area contributed by atoms with Gasteiger partial charge in [-0.25, -0.2) is 8.42 Å². The fourth-order valence-electron chi connectivity index (χ4n) is 2.92. The third-order valence-corrected chi connectivity index (χ3v) is 5.88. The minimum Gasteiger partial charge on any atom is -0.370 e. The molecule has 1 heterocycles. The van der Waals surface area contributed by atoms with Gasteiger partial charge in [0.05, 0.1) is 10.6 Å². The maximum absolute atomic E-state index is 12.0. The first-order valence-corrected chi connectivity index (χ1v) is 9.53. The summed E-state index contributed by atoms with van der Waals surface area (Å²) in [5, 5.41) is 3.50. The molecule has 1 unspecified atom stereocenters. The largest absolute Gasteiger partial charge is 0.370 e. The van der Waals surface area contributed by atoms with Crippen molar-refractivity contribution in [3.8, 4) is 0 Å². The van der Waals surface area contributed by atoms with E-state index in [2.05, 4.69) is 17.1 Å². The van der Waals surface area contributed by atoms with E-state index in [1.165, 1.54) is 12.8 Å². The third kappa shape index (κ3) is 4.20. The van der Waals surface area contributed by atoms with Crippen molar-refractivity contribution >= 4 is 15.5 Å². The van der Waals surface area contributed by atoms with E-state index >= 15 is 0 Å². The van der Waals surface area contributed by atoms with Crippen molar-refractivity contribution in [2.75, 3.05) is 30.3 Å². The zero-order chi connectivity index (χ0) is 15.3. The summed E-state index contributed by atoms with van der Waals surface area (Å²) in [6, 6.07) is 7.91. The van der Waals surface area contributed by atoms with Crippen LogP contribution >= 0.6 is 0 Å². The van der Waals surface area contributed by atoms with Crippen molar-refractivity contribution in [3.05, 3.63) is 24.3 Å². The number of hydrogen-bond donors (Lipinski definition) is 1. The van der Waals surface area contributed by atoms with E-state index in [1.807, 2.05) is 19.1 Å². The molecule has 4 nitrogen and oxygen atoms in total. The lowest BCUT2D eigenvalue weighted by Crippen LogP contribution is -2.45. The lowest BCUT2D eigenvalue weighted by Gasteiger charge is -2.34. The Morgan fingerprint density at radius 1 is 1.24 bits per heavy atom. The Morgan fingerprint density at radius 3 is 2.57 bits per heavy atom. The molecule has 0 radical (unpaired) electrons. The van der Waals surface area contributed by atoms with Crippen LogP contribution in [0.3, 0.4) is 0 Å². The smallest absolute Gasteiger partial charge is 0.178 e. The maximum Gasteiger partial charge on any atom is 0.178 e. The van der Waals surface area contributed by atoms with E-state index < -0.39 is 9.84 Å². The zero-order valence-corrected chi connectivity index (χ0v) is 13.8. The lowest BCUT2D eigenvalue weighted by atomic mass is 10.0. The first-order valence-electron chi connectivity index (χ1n) is 7.88. The molecule has 0 aromatic heterocycles. The fourth-order valence-corrected chi connectivity index (χ4v) is 4.24. The normalized spacial score (nSPS) is 19.7. The molecule has 0 aliphatic carbocycles. The van der Waals surface area contributed by atoms with E-state index in [9.17, 15) is 8.42 Å². The average Bonchev–Trinajstić information content (AvgIpc) is 2.48. The summed E-state index contributed by atoms with van der Waals surface area (Å²) in [6.45, 7) is 7.05. The van der Waals surface area contributed by atoms with Crippen LogP contribution in [-0.2, 0) is 9.84 Å². The summed E-state index contributed by atoms with van der Waals surface area (Å²) in [5.41, 5.74) is 1.12. The van der Waals surface area contributed by atoms with Gasteiger partial charge in [-0.15, -0.1) is 0 Å². The molecule has 21 heavy (non-hydrogen) atoms. The molecule has 1 aliphatic rings. The van der Waals surface area contributed by atoms with Gasteiger partial charge in [-0.05, 0) is 50.1 Å². The van der Waals surface area contributed by atoms with Gasteiger partial charge >= 0.3 is 0 Å². The monoisotopic (exact) mass is 310 g/mol. The molecular formula is C16H26N2O2S. The van der Waals surface area contributed by atoms with Gasteiger partial charge in [0.25, 0.3) is 0 Å². The molecule has 5 heteroatoms. The Balaban J connectivity index is 2.08. The van der Waals surface area contributed by atoms with Gasteiger partial charge in [0.15, 0.2) is 9.84 Å². The molecule has 2 rings (SSSR count). The number of hydrogen-bond acceptors (Lipinski definition) is 4. The van der Waals surface area contributed by atoms with E-state index in [1.54, 1.807) is 12.1 Å². The topological polar surface area (TPSA) is 49.4 Å². The number of sulfone groups is 1. The number of nitrogens with one attached hydrogen (secondary N) is 1. The van der Waals surface area contributed by atoms with Gasteiger partial charge in [-0.3, -0.25) is 0 Å². The Morgan fingerprint density at radius 2 is 1.95 bits per heavy atom. The molecule has 1 fully saturated rings. The molecule has 0 spiro atoms. The molecule has 1 saturated heterocycles. The highest BCUT2D eigenvalue weighted by molar-refractivity contribution is 7.91. The number of benzene rings is 1. The van der Waals surface area contributed by atoms with Gasteiger partial charge in [0.1, 0.15) is 0 Å². The van der Waals surface area contributed by atoms with Crippen molar-refractivity contribution in [2.45, 2.75) is 44.0 Å². The van der Waals surface area contributed by atoms with E-state index in [0.717, 1.165) is 25.3 Å². The molecule has 0 saturated carbocycles. The Bertz CT molecular complexity index is 538. The predicted octanol–water partition coefficient (Wildman–Crippen LogP) is 2.45. The second-order valence-electron chi connectivity index (χ2n) is 5.66. The fraction of sp³-hybridized carbons (Fsp3) is 0.625. The van der Waals surface area contributed by atoms with Crippen LogP contribution in [0, 0.1) is 0 Å². The number of piperidine rings is 1. The van der Waals surface area contributed by atoms with Crippen LogP contribution in [0.4, 0.5) is 5.69 Å². The Hall–Kier alpha value is -1.07. The van der Waals surface area contributed by atoms with Crippen molar-refractivity contribution < 1.29 is 8.42 Å². The summed E-state index contributed by atoms with van der Waals surface area (Å²) in [6.07, 6.45) is 3.04. The highest BCUT2D eigenvalue weighted by atomic mass is 32.2. The molecule has 1 N–H and O–H groups in total. The van der Waals surface area contributed by atoms with Crippen molar-refractivity contribution in [2.24, 2.45) is 0 Å². The summed E-state index contributed by atoms with van der Waals surface area (Å²) < 4.78 is 24.1. The summed E-state index contributed by atoms with van der Waals surface area (Å²) in [5.74, 6) is 0.221. The van der Waals surface area contributed by atoms with Gasteiger partial charge in [-0.1, -0.05) is 13.8 Å². The number of anilines is 1. The van der Waals surface area contributed by atoms with Gasteiger partial charge in [0.2, 0.25) is 0 Å². The SMILES string of the molecule is CCCS(=O)(=O)c1ccc(N2CCCC(NCC)C2)cc1. The van der Waals surface area contributed by atoms with Gasteiger partial charge < -0.3 is 10.2 Å². The minimum absolute atomic E-state index is 0.221. The van der Waals surface area contributed by atoms with Crippen LogP contribution in [-0.4, -0.2) is 39.8 Å². The van der Waals surface area contributed by atoms with Crippen LogP contribution in [0.25, 0.3) is 0 Å². The first-order chi connectivity index (χ1) is 10.1. The highest BCUT2D eigenvalue weighted by Crippen LogP contribution is 2.22. The van der Waals surface area contributed by atoms with Crippen LogP contribution < -0.4 is 10.2 Å². The number of nitrogens with zero attached hydrogens (tertiary/aromatic N) is 1. The molecule has 0 amide bonds. The molecule has 1 aromatic carbocycles. The maximum atomic E-state index is 12.0. The first kappa shape index (κ1) is 16.3. The Kier molecular flexibility index (Phi) is 5.65. The number of likely N-dealkylation sites (N-methyl/N-ethyl adjacent to an activating group) is 1. The Labute approximate surface area is 128 Å². The van der Waals surface area contributed by atoms with Crippen LogP contribution in [0.2, 0.25) is 0 Å². The summed E-state index contributed by atoms with van der Waals surface area (Å²) in [7, 11) is -3.11. The quantitative estimate of drug-likeness (QED) is 0.877. The average molecular weight is 310 g/mol. The number of rotatable bonds is 6. The molecular weight excluding hydrogens is 284 g/mol. The second kappa shape index (κ2) is 7.27. The van der Waals surface area contributed by atoms with Crippen molar-refractivity contribution in [1.82, 2.24) is 5.32 Å². The standard InChI is InChI=1S/C16H26N2O2S/c1-3-12-21(19,20)16-9-7-15(8-10-16)18-11-5-6-14(13-18)17-4-2/h7-10,14,17H,3-6,11-13H2,1-2H3. The molecule has 118 valence electrons. The third-order valence-electron chi connectivity index (χ3n) is 3.95. The van der Waals surface area contributed by atoms with Crippen LogP contribution in [0.5, 0.6) is 0 Å². The van der Waals surface area contributed by atoms with E-state index in [4.69, 9.17) is 0 Å². The molecule has 0 bridgehead atoms. The highest BCUT2D eigenvalue weighted by Gasteiger charge is 2.20. The van der Waals surface area contributed by atoms with Crippen molar-refractivity contribution in [3.63, 3.8) is 0 Å². The second-order valence-corrected chi connectivity index (χ2v) is 7.76. The van der Waals surface area contributed by atoms with Crippen molar-refractivity contribution in [1.29, 1.82) is 0 Å².